The van der Waals surface area contributed by atoms with Crippen LogP contribution in [0.3, 0.4) is 0 Å². The molecule has 2 aromatic heterocycles. The summed E-state index contributed by atoms with van der Waals surface area (Å²) in [5.74, 6) is 0.522. The Bertz CT molecular complexity index is 834. The molecular formula is C17H19F3N6O. The van der Waals surface area contributed by atoms with Crippen molar-refractivity contribution in [1.82, 2.24) is 19.7 Å². The molecule has 4 rings (SSSR count). The molecule has 144 valence electrons. The summed E-state index contributed by atoms with van der Waals surface area (Å²) in [6.45, 7) is 2.60. The zero-order chi connectivity index (χ0) is 19.2. The molecule has 2 aliphatic rings. The minimum atomic E-state index is -4.38. The lowest BCUT2D eigenvalue weighted by molar-refractivity contribution is -0.137. The Morgan fingerprint density at radius 3 is 2.59 bits per heavy atom. The summed E-state index contributed by atoms with van der Waals surface area (Å²) < 4.78 is 39.8. The van der Waals surface area contributed by atoms with E-state index in [2.05, 4.69) is 10.1 Å². The molecule has 7 nitrogen and oxygen atoms in total. The Morgan fingerprint density at radius 2 is 1.96 bits per heavy atom. The molecule has 0 radical (unpaired) electrons. The lowest BCUT2D eigenvalue weighted by Gasteiger charge is -2.18. The number of aromatic nitrogens is 3. The van der Waals surface area contributed by atoms with Crippen molar-refractivity contribution in [3.05, 3.63) is 36.3 Å². The molecule has 10 heteroatoms. The van der Waals surface area contributed by atoms with Gasteiger partial charge in [0.25, 0.3) is 0 Å². The Balaban J connectivity index is 1.43. The maximum absolute atomic E-state index is 12.7. The lowest BCUT2D eigenvalue weighted by Crippen LogP contribution is -2.28. The number of likely N-dealkylation sites (N-methyl/N-ethyl adjacent to an activating group) is 1. The number of hydrogen-bond acceptors (Lipinski definition) is 4. The first-order valence-electron chi connectivity index (χ1n) is 8.68. The minimum absolute atomic E-state index is 0.0449. The summed E-state index contributed by atoms with van der Waals surface area (Å²) in [5.41, 5.74) is 0.00872. The van der Waals surface area contributed by atoms with E-state index in [-0.39, 0.29) is 12.1 Å². The summed E-state index contributed by atoms with van der Waals surface area (Å²) in [4.78, 5) is 21.3. The van der Waals surface area contributed by atoms with E-state index < -0.39 is 11.7 Å². The van der Waals surface area contributed by atoms with E-state index in [1.165, 1.54) is 6.07 Å². The van der Waals surface area contributed by atoms with E-state index >= 15 is 0 Å². The molecule has 4 heterocycles. The summed E-state index contributed by atoms with van der Waals surface area (Å²) in [6.07, 6.45) is 0.814. The molecule has 1 unspecified atom stereocenters. The van der Waals surface area contributed by atoms with Gasteiger partial charge in [-0.1, -0.05) is 0 Å². The van der Waals surface area contributed by atoms with Gasteiger partial charge in [-0.15, -0.1) is 0 Å². The Kier molecular flexibility index (Phi) is 4.20. The Labute approximate surface area is 154 Å². The van der Waals surface area contributed by atoms with Crippen LogP contribution in [0.2, 0.25) is 0 Å². The van der Waals surface area contributed by atoms with Crippen molar-refractivity contribution in [2.45, 2.75) is 18.6 Å². The minimum Gasteiger partial charge on any atom is -0.354 e. The summed E-state index contributed by atoms with van der Waals surface area (Å²) >= 11 is 0. The van der Waals surface area contributed by atoms with Gasteiger partial charge in [0, 0.05) is 45.6 Å². The summed E-state index contributed by atoms with van der Waals surface area (Å²) in [7, 11) is 1.76. The van der Waals surface area contributed by atoms with Crippen LogP contribution < -0.4 is 9.80 Å². The van der Waals surface area contributed by atoms with Crippen LogP contribution in [0.15, 0.2) is 30.7 Å². The molecule has 27 heavy (non-hydrogen) atoms. The van der Waals surface area contributed by atoms with Gasteiger partial charge in [0.15, 0.2) is 0 Å². The Hall–Kier alpha value is -2.78. The van der Waals surface area contributed by atoms with Gasteiger partial charge < -0.3 is 9.80 Å². The first kappa shape index (κ1) is 17.6. The number of nitrogens with zero attached hydrogens (tertiary/aromatic N) is 6. The zero-order valence-electron chi connectivity index (χ0n) is 14.7. The molecule has 1 atom stereocenters. The lowest BCUT2D eigenvalue weighted by atomic mass is 10.2. The number of pyridine rings is 1. The van der Waals surface area contributed by atoms with Crippen molar-refractivity contribution < 1.29 is 18.0 Å². The molecule has 2 saturated heterocycles. The third kappa shape index (κ3) is 3.31. The van der Waals surface area contributed by atoms with E-state index in [9.17, 15) is 18.0 Å². The Morgan fingerprint density at radius 1 is 1.15 bits per heavy atom. The molecule has 2 aliphatic heterocycles. The fourth-order valence-corrected chi connectivity index (χ4v) is 3.46. The van der Waals surface area contributed by atoms with Gasteiger partial charge in [-0.25, -0.2) is 9.78 Å². The van der Waals surface area contributed by atoms with Crippen LogP contribution in [-0.2, 0) is 6.18 Å². The second-order valence-electron chi connectivity index (χ2n) is 6.83. The van der Waals surface area contributed by atoms with Crippen molar-refractivity contribution in [1.29, 1.82) is 0 Å². The normalized spacial score (nSPS) is 20.8. The maximum atomic E-state index is 12.7. The van der Waals surface area contributed by atoms with E-state index in [4.69, 9.17) is 0 Å². The highest BCUT2D eigenvalue weighted by Gasteiger charge is 2.32. The topological polar surface area (TPSA) is 57.5 Å². The highest BCUT2D eigenvalue weighted by molar-refractivity contribution is 5.93. The number of anilines is 2. The zero-order valence-corrected chi connectivity index (χ0v) is 14.7. The monoisotopic (exact) mass is 380 g/mol. The SMILES string of the molecule is CN1CCN(c2cnn(C3CCN(c4ccc(C(F)(F)F)cn4)C3)c2)C1=O. The van der Waals surface area contributed by atoms with Crippen LogP contribution in [0.5, 0.6) is 0 Å². The number of carbonyl (C=O) groups excluding carboxylic acids is 1. The summed E-state index contributed by atoms with van der Waals surface area (Å²) in [6, 6.07) is 2.49. The molecule has 0 aliphatic carbocycles. The smallest absolute Gasteiger partial charge is 0.354 e. The maximum Gasteiger partial charge on any atom is 0.417 e. The van der Waals surface area contributed by atoms with E-state index in [0.29, 0.717) is 32.0 Å². The van der Waals surface area contributed by atoms with Crippen LogP contribution in [-0.4, -0.2) is 58.9 Å². The van der Waals surface area contributed by atoms with Gasteiger partial charge in [-0.3, -0.25) is 9.58 Å². The number of rotatable bonds is 3. The van der Waals surface area contributed by atoms with Gasteiger partial charge in [0.1, 0.15) is 5.82 Å². The van der Waals surface area contributed by atoms with Crippen molar-refractivity contribution in [3.8, 4) is 0 Å². The third-order valence-electron chi connectivity index (χ3n) is 5.05. The number of halogens is 3. The first-order chi connectivity index (χ1) is 12.8. The van der Waals surface area contributed by atoms with Crippen molar-refractivity contribution in [2.75, 3.05) is 43.0 Å². The molecule has 0 bridgehead atoms. The van der Waals surface area contributed by atoms with Gasteiger partial charge in [-0.2, -0.15) is 18.3 Å². The molecule has 0 N–H and O–H groups in total. The van der Waals surface area contributed by atoms with Crippen LogP contribution in [0.1, 0.15) is 18.0 Å². The molecule has 0 aromatic carbocycles. The average molecular weight is 380 g/mol. The quantitative estimate of drug-likeness (QED) is 0.822. The fourth-order valence-electron chi connectivity index (χ4n) is 3.46. The standard InChI is InChI=1S/C17H19F3N6O/c1-23-6-7-25(16(23)27)14-9-22-26(11-14)13-4-5-24(10-13)15-3-2-12(8-21-15)17(18,19)20/h2-3,8-9,11,13H,4-7,10H2,1H3. The average Bonchev–Trinajstić information content (AvgIpc) is 3.35. The number of urea groups is 1. The summed E-state index contributed by atoms with van der Waals surface area (Å²) in [5, 5.41) is 4.39. The van der Waals surface area contributed by atoms with Gasteiger partial charge in [0.05, 0.1) is 23.5 Å². The number of hydrogen-bond donors (Lipinski definition) is 0. The largest absolute Gasteiger partial charge is 0.417 e. The second kappa shape index (κ2) is 6.43. The van der Waals surface area contributed by atoms with Gasteiger partial charge >= 0.3 is 12.2 Å². The third-order valence-corrected chi connectivity index (χ3v) is 5.05. The van der Waals surface area contributed by atoms with Crippen molar-refractivity contribution in [2.24, 2.45) is 0 Å². The molecule has 2 amide bonds. The molecular weight excluding hydrogens is 361 g/mol. The van der Waals surface area contributed by atoms with E-state index in [0.717, 1.165) is 24.4 Å². The number of amides is 2. The van der Waals surface area contributed by atoms with Crippen LogP contribution in [0, 0.1) is 0 Å². The predicted molar refractivity (Wildman–Crippen MR) is 92.7 cm³/mol. The van der Waals surface area contributed by atoms with E-state index in [1.807, 2.05) is 15.8 Å². The highest BCUT2D eigenvalue weighted by atomic mass is 19.4. The van der Waals surface area contributed by atoms with Crippen molar-refractivity contribution in [3.63, 3.8) is 0 Å². The fraction of sp³-hybridized carbons (Fsp3) is 0.471. The predicted octanol–water partition coefficient (Wildman–Crippen LogP) is 2.62. The van der Waals surface area contributed by atoms with Crippen LogP contribution >= 0.6 is 0 Å². The van der Waals surface area contributed by atoms with Crippen LogP contribution in [0.25, 0.3) is 0 Å². The van der Waals surface area contributed by atoms with Crippen molar-refractivity contribution >= 4 is 17.5 Å². The highest BCUT2D eigenvalue weighted by Crippen LogP contribution is 2.31. The first-order valence-corrected chi connectivity index (χ1v) is 8.68. The second-order valence-corrected chi connectivity index (χ2v) is 6.83. The van der Waals surface area contributed by atoms with E-state index in [1.54, 1.807) is 23.0 Å². The molecule has 0 spiro atoms. The molecule has 2 aromatic rings. The molecule has 2 fully saturated rings. The van der Waals surface area contributed by atoms with Crippen LogP contribution in [0.4, 0.5) is 29.5 Å². The van der Waals surface area contributed by atoms with Gasteiger partial charge in [0.2, 0.25) is 0 Å². The molecule has 0 saturated carbocycles. The number of carbonyl (C=O) groups is 1. The number of alkyl halides is 3. The van der Waals surface area contributed by atoms with Gasteiger partial charge in [-0.05, 0) is 18.6 Å².